The molecule has 0 aromatic carbocycles. The first kappa shape index (κ1) is 13.8. The SMILES string of the molecule is CCN1CCN(c2cnccc2CNC2CC2)CC1C. The predicted octanol–water partition coefficient (Wildman–Crippen LogP) is 1.86. The molecule has 4 heteroatoms. The Morgan fingerprint density at radius 2 is 2.20 bits per heavy atom. The van der Waals surface area contributed by atoms with E-state index in [0.717, 1.165) is 38.8 Å². The molecular weight excluding hydrogens is 248 g/mol. The zero-order valence-electron chi connectivity index (χ0n) is 12.7. The van der Waals surface area contributed by atoms with E-state index in [1.54, 1.807) is 0 Å². The summed E-state index contributed by atoms with van der Waals surface area (Å²) in [6.45, 7) is 10.1. The van der Waals surface area contributed by atoms with Gasteiger partial charge in [-0.15, -0.1) is 0 Å². The van der Waals surface area contributed by atoms with E-state index >= 15 is 0 Å². The van der Waals surface area contributed by atoms with Gasteiger partial charge in [-0.25, -0.2) is 0 Å². The zero-order valence-corrected chi connectivity index (χ0v) is 12.7. The Morgan fingerprint density at radius 1 is 1.35 bits per heavy atom. The summed E-state index contributed by atoms with van der Waals surface area (Å²) in [7, 11) is 0. The number of likely N-dealkylation sites (N-methyl/N-ethyl adjacent to an activating group) is 1. The lowest BCUT2D eigenvalue weighted by Crippen LogP contribution is -2.52. The number of hydrogen-bond donors (Lipinski definition) is 1. The smallest absolute Gasteiger partial charge is 0.0599 e. The minimum atomic E-state index is 0.623. The predicted molar refractivity (Wildman–Crippen MR) is 83.0 cm³/mol. The molecule has 2 fully saturated rings. The maximum Gasteiger partial charge on any atom is 0.0599 e. The van der Waals surface area contributed by atoms with Crippen LogP contribution in [0.25, 0.3) is 0 Å². The summed E-state index contributed by atoms with van der Waals surface area (Å²) in [5, 5.41) is 3.62. The number of nitrogens with zero attached hydrogens (tertiary/aromatic N) is 3. The number of anilines is 1. The molecular formula is C16H26N4. The minimum absolute atomic E-state index is 0.623. The van der Waals surface area contributed by atoms with Gasteiger partial charge < -0.3 is 10.2 Å². The van der Waals surface area contributed by atoms with Crippen molar-refractivity contribution < 1.29 is 0 Å². The van der Waals surface area contributed by atoms with E-state index in [-0.39, 0.29) is 0 Å². The fourth-order valence-corrected chi connectivity index (χ4v) is 3.07. The average Bonchev–Trinajstić information content (AvgIpc) is 3.29. The van der Waals surface area contributed by atoms with E-state index in [1.165, 1.54) is 24.1 Å². The van der Waals surface area contributed by atoms with Crippen LogP contribution in [0.3, 0.4) is 0 Å². The van der Waals surface area contributed by atoms with Crippen molar-refractivity contribution >= 4 is 5.69 Å². The van der Waals surface area contributed by atoms with Crippen LogP contribution < -0.4 is 10.2 Å². The highest BCUT2D eigenvalue weighted by Gasteiger charge is 2.25. The normalized spacial score (nSPS) is 24.1. The van der Waals surface area contributed by atoms with E-state index in [2.05, 4.69) is 40.0 Å². The minimum Gasteiger partial charge on any atom is -0.367 e. The van der Waals surface area contributed by atoms with Crippen LogP contribution in [0, 0.1) is 0 Å². The van der Waals surface area contributed by atoms with Crippen LogP contribution in [0.4, 0.5) is 5.69 Å². The Bertz CT molecular complexity index is 444. The number of nitrogens with one attached hydrogen (secondary N) is 1. The fraction of sp³-hybridized carbons (Fsp3) is 0.688. The Morgan fingerprint density at radius 3 is 2.90 bits per heavy atom. The largest absolute Gasteiger partial charge is 0.367 e. The maximum absolute atomic E-state index is 4.34. The first-order chi connectivity index (χ1) is 9.78. The third-order valence-corrected chi connectivity index (χ3v) is 4.56. The van der Waals surface area contributed by atoms with Crippen molar-refractivity contribution in [3.8, 4) is 0 Å². The number of hydrogen-bond acceptors (Lipinski definition) is 4. The molecule has 1 N–H and O–H groups in total. The van der Waals surface area contributed by atoms with Crippen LogP contribution in [-0.2, 0) is 6.54 Å². The van der Waals surface area contributed by atoms with Crippen LogP contribution in [0.1, 0.15) is 32.3 Å². The van der Waals surface area contributed by atoms with Gasteiger partial charge in [0.2, 0.25) is 0 Å². The van der Waals surface area contributed by atoms with E-state index in [1.807, 2.05) is 12.4 Å². The van der Waals surface area contributed by atoms with E-state index in [9.17, 15) is 0 Å². The van der Waals surface area contributed by atoms with Gasteiger partial charge in [0, 0.05) is 44.5 Å². The number of rotatable bonds is 5. The Labute approximate surface area is 122 Å². The lowest BCUT2D eigenvalue weighted by Gasteiger charge is -2.41. The molecule has 4 nitrogen and oxygen atoms in total. The molecule has 20 heavy (non-hydrogen) atoms. The number of piperazine rings is 1. The van der Waals surface area contributed by atoms with Gasteiger partial charge in [-0.1, -0.05) is 6.92 Å². The summed E-state index contributed by atoms with van der Waals surface area (Å²) in [4.78, 5) is 9.40. The summed E-state index contributed by atoms with van der Waals surface area (Å²) in [5.74, 6) is 0. The van der Waals surface area contributed by atoms with Gasteiger partial charge >= 0.3 is 0 Å². The van der Waals surface area contributed by atoms with Crippen LogP contribution in [0.5, 0.6) is 0 Å². The summed E-state index contributed by atoms with van der Waals surface area (Å²) in [5.41, 5.74) is 2.72. The second-order valence-corrected chi connectivity index (χ2v) is 6.08. The third kappa shape index (κ3) is 3.13. The molecule has 1 aliphatic carbocycles. The van der Waals surface area contributed by atoms with Gasteiger partial charge in [0.1, 0.15) is 0 Å². The van der Waals surface area contributed by atoms with Gasteiger partial charge in [0.05, 0.1) is 11.9 Å². The first-order valence-corrected chi connectivity index (χ1v) is 7.93. The second-order valence-electron chi connectivity index (χ2n) is 6.08. The molecule has 1 atom stereocenters. The number of pyridine rings is 1. The molecule has 0 spiro atoms. The summed E-state index contributed by atoms with van der Waals surface area (Å²) >= 11 is 0. The highest BCUT2D eigenvalue weighted by Crippen LogP contribution is 2.24. The van der Waals surface area contributed by atoms with Crippen molar-refractivity contribution in [3.05, 3.63) is 24.0 Å². The molecule has 1 aromatic rings. The molecule has 1 aromatic heterocycles. The van der Waals surface area contributed by atoms with Gasteiger partial charge in [-0.2, -0.15) is 0 Å². The molecule has 1 aliphatic heterocycles. The molecule has 110 valence electrons. The van der Waals surface area contributed by atoms with E-state index < -0.39 is 0 Å². The number of aromatic nitrogens is 1. The van der Waals surface area contributed by atoms with E-state index in [4.69, 9.17) is 0 Å². The van der Waals surface area contributed by atoms with Gasteiger partial charge in [-0.05, 0) is 37.9 Å². The molecule has 0 bridgehead atoms. The van der Waals surface area contributed by atoms with Gasteiger partial charge in [0.25, 0.3) is 0 Å². The molecule has 0 radical (unpaired) electrons. The van der Waals surface area contributed by atoms with Crippen LogP contribution in [-0.4, -0.2) is 48.1 Å². The third-order valence-electron chi connectivity index (χ3n) is 4.56. The summed E-state index contributed by atoms with van der Waals surface area (Å²) in [6, 6.07) is 3.55. The summed E-state index contributed by atoms with van der Waals surface area (Å²) < 4.78 is 0. The Balaban J connectivity index is 1.69. The molecule has 3 rings (SSSR count). The molecule has 1 saturated heterocycles. The molecule has 2 aliphatic rings. The van der Waals surface area contributed by atoms with Gasteiger partial charge in [-0.3, -0.25) is 9.88 Å². The highest BCUT2D eigenvalue weighted by atomic mass is 15.3. The van der Waals surface area contributed by atoms with Crippen molar-refractivity contribution in [2.45, 2.75) is 45.3 Å². The van der Waals surface area contributed by atoms with Crippen LogP contribution in [0.15, 0.2) is 18.5 Å². The highest BCUT2D eigenvalue weighted by molar-refractivity contribution is 5.52. The lowest BCUT2D eigenvalue weighted by molar-refractivity contribution is 0.199. The lowest BCUT2D eigenvalue weighted by atomic mass is 10.1. The zero-order chi connectivity index (χ0) is 13.9. The van der Waals surface area contributed by atoms with Crippen molar-refractivity contribution in [2.75, 3.05) is 31.1 Å². The van der Waals surface area contributed by atoms with Gasteiger partial charge in [0.15, 0.2) is 0 Å². The van der Waals surface area contributed by atoms with Crippen molar-refractivity contribution in [1.29, 1.82) is 0 Å². The molecule has 1 unspecified atom stereocenters. The van der Waals surface area contributed by atoms with Crippen molar-refractivity contribution in [2.24, 2.45) is 0 Å². The van der Waals surface area contributed by atoms with E-state index in [0.29, 0.717) is 6.04 Å². The second kappa shape index (κ2) is 6.10. The standard InChI is InChI=1S/C16H26N4/c1-3-19-8-9-20(12-13(19)2)16-11-17-7-6-14(16)10-18-15-4-5-15/h6-7,11,13,15,18H,3-5,8-10,12H2,1-2H3. The quantitative estimate of drug-likeness (QED) is 0.888. The Hall–Kier alpha value is -1.13. The molecule has 1 saturated carbocycles. The average molecular weight is 274 g/mol. The molecule has 0 amide bonds. The monoisotopic (exact) mass is 274 g/mol. The maximum atomic E-state index is 4.34. The Kier molecular flexibility index (Phi) is 4.22. The first-order valence-electron chi connectivity index (χ1n) is 7.93. The van der Waals surface area contributed by atoms with Crippen molar-refractivity contribution in [3.63, 3.8) is 0 Å². The van der Waals surface area contributed by atoms with Crippen LogP contribution >= 0.6 is 0 Å². The van der Waals surface area contributed by atoms with Crippen molar-refractivity contribution in [1.82, 2.24) is 15.2 Å². The van der Waals surface area contributed by atoms with Crippen LogP contribution in [0.2, 0.25) is 0 Å². The molecule has 2 heterocycles. The fourth-order valence-electron chi connectivity index (χ4n) is 3.07. The summed E-state index contributed by atoms with van der Waals surface area (Å²) in [6.07, 6.45) is 6.64. The topological polar surface area (TPSA) is 31.4 Å².